The van der Waals surface area contributed by atoms with Crippen LogP contribution in [0.1, 0.15) is 10.4 Å². The third-order valence-electron chi connectivity index (χ3n) is 3.09. The maximum Gasteiger partial charge on any atom is 0.337 e. The van der Waals surface area contributed by atoms with Gasteiger partial charge < -0.3 is 14.5 Å². The van der Waals surface area contributed by atoms with E-state index in [4.69, 9.17) is 0 Å². The second-order valence-corrected chi connectivity index (χ2v) is 4.28. The molecule has 1 saturated heterocycles. The fourth-order valence-electron chi connectivity index (χ4n) is 1.93. The number of rotatable bonds is 2. The lowest BCUT2D eigenvalue weighted by Gasteiger charge is -2.33. The van der Waals surface area contributed by atoms with Gasteiger partial charge in [0, 0.05) is 25.8 Å². The van der Waals surface area contributed by atoms with Crippen LogP contribution < -0.4 is 4.90 Å². The van der Waals surface area contributed by atoms with Gasteiger partial charge in [-0.3, -0.25) is 4.79 Å². The van der Waals surface area contributed by atoms with E-state index < -0.39 is 0 Å². The normalized spacial score (nSPS) is 15.8. The number of carbonyl (C=O) groups excluding carboxylic acids is 2. The lowest BCUT2D eigenvalue weighted by molar-refractivity contribution is -0.129. The van der Waals surface area contributed by atoms with E-state index in [1.807, 2.05) is 11.0 Å². The Hall–Kier alpha value is -2.04. The van der Waals surface area contributed by atoms with Crippen LogP contribution in [0.4, 0.5) is 5.69 Å². The molecule has 0 radical (unpaired) electrons. The van der Waals surface area contributed by atoms with E-state index in [1.54, 1.807) is 30.1 Å². The highest BCUT2D eigenvalue weighted by Gasteiger charge is 2.21. The fourth-order valence-corrected chi connectivity index (χ4v) is 1.93. The van der Waals surface area contributed by atoms with Gasteiger partial charge in [-0.05, 0) is 18.2 Å². The van der Waals surface area contributed by atoms with Gasteiger partial charge in [0.2, 0.25) is 5.91 Å². The molecule has 1 amide bonds. The van der Waals surface area contributed by atoms with Crippen molar-refractivity contribution in [3.05, 3.63) is 29.8 Å². The van der Waals surface area contributed by atoms with Crippen LogP contribution in [0.15, 0.2) is 24.3 Å². The van der Waals surface area contributed by atoms with Crippen molar-refractivity contribution in [3.8, 4) is 0 Å². The molecule has 0 bridgehead atoms. The zero-order valence-electron chi connectivity index (χ0n) is 10.5. The van der Waals surface area contributed by atoms with Crippen LogP contribution in [-0.2, 0) is 9.53 Å². The molecular weight excluding hydrogens is 232 g/mol. The molecule has 0 atom stereocenters. The van der Waals surface area contributed by atoms with Gasteiger partial charge in [-0.2, -0.15) is 0 Å². The number of anilines is 1. The maximum atomic E-state index is 11.6. The summed E-state index contributed by atoms with van der Waals surface area (Å²) in [4.78, 5) is 26.8. The number of methoxy groups -OCH3 is 1. The molecule has 1 aromatic carbocycles. The highest BCUT2D eigenvalue weighted by Crippen LogP contribution is 2.18. The van der Waals surface area contributed by atoms with Gasteiger partial charge in [0.05, 0.1) is 19.2 Å². The number of likely N-dealkylation sites (N-methyl/N-ethyl adjacent to an activating group) is 1. The van der Waals surface area contributed by atoms with Crippen LogP contribution >= 0.6 is 0 Å². The quantitative estimate of drug-likeness (QED) is 0.725. The summed E-state index contributed by atoms with van der Waals surface area (Å²) in [5, 5.41) is 0. The van der Waals surface area contributed by atoms with Crippen molar-refractivity contribution < 1.29 is 14.3 Å². The van der Waals surface area contributed by atoms with Gasteiger partial charge in [0.15, 0.2) is 0 Å². The monoisotopic (exact) mass is 248 g/mol. The molecule has 1 aliphatic heterocycles. The lowest BCUT2D eigenvalue weighted by Crippen LogP contribution is -2.48. The Morgan fingerprint density at radius 3 is 2.78 bits per heavy atom. The number of carbonyl (C=O) groups is 2. The number of hydrogen-bond acceptors (Lipinski definition) is 4. The van der Waals surface area contributed by atoms with Gasteiger partial charge in [-0.1, -0.05) is 6.07 Å². The van der Waals surface area contributed by atoms with Crippen molar-refractivity contribution in [2.24, 2.45) is 0 Å². The third kappa shape index (κ3) is 2.45. The van der Waals surface area contributed by atoms with Crippen molar-refractivity contribution >= 4 is 17.6 Å². The maximum absolute atomic E-state index is 11.6. The van der Waals surface area contributed by atoms with Crippen molar-refractivity contribution in [1.29, 1.82) is 0 Å². The molecule has 0 saturated carbocycles. The Balaban J connectivity index is 2.18. The molecule has 0 unspecified atom stereocenters. The summed E-state index contributed by atoms with van der Waals surface area (Å²) in [6.45, 7) is 1.81. The molecule has 1 aromatic rings. The molecule has 2 rings (SSSR count). The predicted molar refractivity (Wildman–Crippen MR) is 67.6 cm³/mol. The molecular formula is C13H16N2O3. The van der Waals surface area contributed by atoms with Gasteiger partial charge >= 0.3 is 5.97 Å². The first kappa shape index (κ1) is 12.4. The molecule has 96 valence electrons. The Labute approximate surface area is 106 Å². The van der Waals surface area contributed by atoms with Gasteiger partial charge in [-0.15, -0.1) is 0 Å². The number of amides is 1. The zero-order chi connectivity index (χ0) is 13.1. The Bertz CT molecular complexity index is 473. The number of esters is 1. The topological polar surface area (TPSA) is 49.9 Å². The smallest absolute Gasteiger partial charge is 0.337 e. The van der Waals surface area contributed by atoms with Gasteiger partial charge in [-0.25, -0.2) is 4.79 Å². The Morgan fingerprint density at radius 2 is 2.11 bits per heavy atom. The van der Waals surface area contributed by atoms with Crippen molar-refractivity contribution in [3.63, 3.8) is 0 Å². The Morgan fingerprint density at radius 1 is 1.33 bits per heavy atom. The summed E-state index contributed by atoms with van der Waals surface area (Å²) in [5.74, 6) is -0.276. The van der Waals surface area contributed by atoms with Gasteiger partial charge in [0.1, 0.15) is 0 Å². The average molecular weight is 248 g/mol. The minimum Gasteiger partial charge on any atom is -0.465 e. The third-order valence-corrected chi connectivity index (χ3v) is 3.09. The fraction of sp³-hybridized carbons (Fsp3) is 0.385. The highest BCUT2D eigenvalue weighted by atomic mass is 16.5. The second kappa shape index (κ2) is 5.08. The van der Waals surface area contributed by atoms with E-state index >= 15 is 0 Å². The highest BCUT2D eigenvalue weighted by molar-refractivity contribution is 5.91. The summed E-state index contributed by atoms with van der Waals surface area (Å²) in [5.41, 5.74) is 1.38. The van der Waals surface area contributed by atoms with E-state index in [9.17, 15) is 9.59 Å². The standard InChI is InChI=1S/C13H16N2O3/c1-14-6-7-15(9-12(14)16)11-5-3-4-10(8-11)13(17)18-2/h3-5,8H,6-7,9H2,1-2H3. The van der Waals surface area contributed by atoms with Crippen LogP contribution in [0.5, 0.6) is 0 Å². The van der Waals surface area contributed by atoms with Crippen LogP contribution in [0, 0.1) is 0 Å². The summed E-state index contributed by atoms with van der Waals surface area (Å²) < 4.78 is 4.68. The first-order valence-corrected chi connectivity index (χ1v) is 5.79. The van der Waals surface area contributed by atoms with Crippen molar-refractivity contribution in [2.75, 3.05) is 38.7 Å². The molecule has 5 nitrogen and oxygen atoms in total. The minimum absolute atomic E-state index is 0.0877. The van der Waals surface area contributed by atoms with Crippen LogP contribution in [-0.4, -0.2) is 50.6 Å². The zero-order valence-corrected chi connectivity index (χ0v) is 10.5. The molecule has 5 heteroatoms. The van der Waals surface area contributed by atoms with E-state index in [1.165, 1.54) is 7.11 Å². The molecule has 0 aliphatic carbocycles. The van der Waals surface area contributed by atoms with Crippen molar-refractivity contribution in [1.82, 2.24) is 4.90 Å². The molecule has 0 N–H and O–H groups in total. The van der Waals surface area contributed by atoms with Crippen molar-refractivity contribution in [2.45, 2.75) is 0 Å². The molecule has 1 aliphatic rings. The minimum atomic E-state index is -0.364. The summed E-state index contributed by atoms with van der Waals surface area (Å²) >= 11 is 0. The number of hydrogen-bond donors (Lipinski definition) is 0. The van der Waals surface area contributed by atoms with E-state index in [-0.39, 0.29) is 11.9 Å². The number of benzene rings is 1. The summed E-state index contributed by atoms with van der Waals surface area (Å²) in [7, 11) is 3.15. The number of piperazine rings is 1. The summed E-state index contributed by atoms with van der Waals surface area (Å²) in [6.07, 6.45) is 0. The predicted octanol–water partition coefficient (Wildman–Crippen LogP) is 0.752. The largest absolute Gasteiger partial charge is 0.465 e. The van der Waals surface area contributed by atoms with Gasteiger partial charge in [0.25, 0.3) is 0 Å². The average Bonchev–Trinajstić information content (AvgIpc) is 2.41. The van der Waals surface area contributed by atoms with E-state index in [2.05, 4.69) is 4.74 Å². The lowest BCUT2D eigenvalue weighted by atomic mass is 10.1. The molecule has 1 heterocycles. The van der Waals surface area contributed by atoms with Crippen LogP contribution in [0.2, 0.25) is 0 Å². The molecule has 0 aromatic heterocycles. The first-order valence-electron chi connectivity index (χ1n) is 5.79. The molecule has 0 spiro atoms. The number of ether oxygens (including phenoxy) is 1. The second-order valence-electron chi connectivity index (χ2n) is 4.28. The SMILES string of the molecule is COC(=O)c1cccc(N2CCN(C)C(=O)C2)c1. The van der Waals surface area contributed by atoms with E-state index in [0.717, 1.165) is 12.2 Å². The Kier molecular flexibility index (Phi) is 3.50. The van der Waals surface area contributed by atoms with E-state index in [0.29, 0.717) is 18.7 Å². The van der Waals surface area contributed by atoms with Crippen LogP contribution in [0.25, 0.3) is 0 Å². The van der Waals surface area contributed by atoms with Crippen LogP contribution in [0.3, 0.4) is 0 Å². The summed E-state index contributed by atoms with van der Waals surface area (Å²) in [6, 6.07) is 7.15. The molecule has 18 heavy (non-hydrogen) atoms. The first-order chi connectivity index (χ1) is 8.61. The number of nitrogens with zero attached hydrogens (tertiary/aromatic N) is 2. The molecule has 1 fully saturated rings.